The smallest absolute Gasteiger partial charge is 0.399 e. The van der Waals surface area contributed by atoms with Crippen molar-refractivity contribution in [3.8, 4) is 0 Å². The lowest BCUT2D eigenvalue weighted by atomic mass is 9.75. The van der Waals surface area contributed by atoms with Crippen LogP contribution in [0.4, 0.5) is 0 Å². The van der Waals surface area contributed by atoms with Crippen LogP contribution in [0.15, 0.2) is 24.3 Å². The first-order valence-electron chi connectivity index (χ1n) is 9.02. The molecule has 0 aromatic heterocycles. The number of thioether (sulfide) groups is 1. The normalized spacial score (nSPS) is 37.0. The van der Waals surface area contributed by atoms with E-state index >= 15 is 0 Å². The van der Waals surface area contributed by atoms with Crippen LogP contribution in [0.25, 0.3) is 0 Å². The molecule has 24 heavy (non-hydrogen) atoms. The number of benzene rings is 1. The van der Waals surface area contributed by atoms with Crippen LogP contribution in [-0.4, -0.2) is 33.9 Å². The Labute approximate surface area is 149 Å². The van der Waals surface area contributed by atoms with Gasteiger partial charge in [0.1, 0.15) is 0 Å². The number of aliphatic hydroxyl groups is 1. The molecular weight excluding hydrogens is 319 g/mol. The highest BCUT2D eigenvalue weighted by Crippen LogP contribution is 2.51. The molecule has 2 atom stereocenters. The van der Waals surface area contributed by atoms with Crippen LogP contribution >= 0.6 is 11.8 Å². The Morgan fingerprint density at radius 1 is 1.04 bits per heavy atom. The fraction of sp³-hybridized carbons (Fsp3) is 0.684. The van der Waals surface area contributed by atoms with Crippen molar-refractivity contribution in [1.82, 2.24) is 0 Å². The lowest BCUT2D eigenvalue weighted by Gasteiger charge is -2.36. The molecule has 3 aliphatic heterocycles. The molecular formula is C19H27BO3S. The van der Waals surface area contributed by atoms with Crippen molar-refractivity contribution in [3.63, 3.8) is 0 Å². The van der Waals surface area contributed by atoms with Gasteiger partial charge in [0.05, 0.1) is 16.8 Å². The van der Waals surface area contributed by atoms with E-state index in [1.807, 2.05) is 12.1 Å². The standard InChI is InChI=1S/C19H27BO3S/c1-17(2)18(3,4)23-20(22-17)14-7-5-6-13(10-14)19(21)11-15-8-9-16(12-19)24-15/h5-7,10,15-16,21H,8-9,11-12H2,1-4H3. The van der Waals surface area contributed by atoms with Gasteiger partial charge in [-0.05, 0) is 64.4 Å². The predicted molar refractivity (Wildman–Crippen MR) is 99.7 cm³/mol. The SMILES string of the molecule is CC1(C)OB(c2cccc(C3(O)CC4CCC(C3)S4)c2)OC1(C)C. The molecule has 0 radical (unpaired) electrons. The van der Waals surface area contributed by atoms with E-state index in [4.69, 9.17) is 9.31 Å². The van der Waals surface area contributed by atoms with Crippen molar-refractivity contribution >= 4 is 24.3 Å². The molecule has 130 valence electrons. The van der Waals surface area contributed by atoms with Gasteiger partial charge in [-0.25, -0.2) is 0 Å². The van der Waals surface area contributed by atoms with Crippen molar-refractivity contribution in [2.45, 2.75) is 80.7 Å². The first-order chi connectivity index (χ1) is 11.2. The first-order valence-corrected chi connectivity index (χ1v) is 9.97. The molecule has 5 heteroatoms. The van der Waals surface area contributed by atoms with E-state index in [0.29, 0.717) is 10.5 Å². The summed E-state index contributed by atoms with van der Waals surface area (Å²) in [4.78, 5) is 0. The van der Waals surface area contributed by atoms with Crippen molar-refractivity contribution in [1.29, 1.82) is 0 Å². The maximum absolute atomic E-state index is 11.3. The van der Waals surface area contributed by atoms with Crippen LogP contribution in [-0.2, 0) is 14.9 Å². The van der Waals surface area contributed by atoms with Gasteiger partial charge in [-0.2, -0.15) is 11.8 Å². The van der Waals surface area contributed by atoms with Crippen LogP contribution in [0.3, 0.4) is 0 Å². The number of hydrogen-bond acceptors (Lipinski definition) is 4. The van der Waals surface area contributed by atoms with Gasteiger partial charge in [-0.3, -0.25) is 0 Å². The van der Waals surface area contributed by atoms with E-state index in [1.54, 1.807) is 0 Å². The van der Waals surface area contributed by atoms with Crippen LogP contribution in [0.1, 0.15) is 58.9 Å². The summed E-state index contributed by atoms with van der Waals surface area (Å²) in [5, 5.41) is 12.5. The van der Waals surface area contributed by atoms with Crippen LogP contribution in [0.5, 0.6) is 0 Å². The summed E-state index contributed by atoms with van der Waals surface area (Å²) in [5.74, 6) is 0. The molecule has 1 aromatic rings. The van der Waals surface area contributed by atoms with Gasteiger partial charge in [-0.1, -0.05) is 24.3 Å². The second kappa shape index (κ2) is 5.50. The maximum Gasteiger partial charge on any atom is 0.494 e. The quantitative estimate of drug-likeness (QED) is 0.835. The molecule has 2 unspecified atom stereocenters. The molecule has 1 aromatic carbocycles. The van der Waals surface area contributed by atoms with E-state index < -0.39 is 5.60 Å². The summed E-state index contributed by atoms with van der Waals surface area (Å²) >= 11 is 2.07. The molecule has 3 aliphatic rings. The highest BCUT2D eigenvalue weighted by Gasteiger charge is 2.52. The molecule has 3 fully saturated rings. The fourth-order valence-corrected chi connectivity index (χ4v) is 5.94. The predicted octanol–water partition coefficient (Wildman–Crippen LogP) is 3.23. The molecule has 4 rings (SSSR count). The second-order valence-corrected chi connectivity index (χ2v) is 10.2. The maximum atomic E-state index is 11.3. The van der Waals surface area contributed by atoms with Crippen LogP contribution < -0.4 is 5.46 Å². The monoisotopic (exact) mass is 346 g/mol. The minimum atomic E-state index is -0.698. The Hall–Kier alpha value is -0.485. The van der Waals surface area contributed by atoms with Gasteiger partial charge in [0.2, 0.25) is 0 Å². The number of hydrogen-bond donors (Lipinski definition) is 1. The lowest BCUT2D eigenvalue weighted by Crippen LogP contribution is -2.41. The van der Waals surface area contributed by atoms with E-state index in [1.165, 1.54) is 12.8 Å². The molecule has 3 heterocycles. The van der Waals surface area contributed by atoms with Crippen LogP contribution in [0.2, 0.25) is 0 Å². The molecule has 0 amide bonds. The Bertz CT molecular complexity index is 617. The first kappa shape index (κ1) is 17.0. The highest BCUT2D eigenvalue weighted by atomic mass is 32.2. The molecule has 1 N–H and O–H groups in total. The van der Waals surface area contributed by atoms with Gasteiger partial charge in [-0.15, -0.1) is 0 Å². The van der Waals surface area contributed by atoms with Crippen LogP contribution in [0, 0.1) is 0 Å². The summed E-state index contributed by atoms with van der Waals surface area (Å²) in [6.45, 7) is 8.28. The van der Waals surface area contributed by atoms with Gasteiger partial charge in [0.25, 0.3) is 0 Å². The van der Waals surface area contributed by atoms with Gasteiger partial charge >= 0.3 is 7.12 Å². The van der Waals surface area contributed by atoms with E-state index in [9.17, 15) is 5.11 Å². The summed E-state index contributed by atoms with van der Waals surface area (Å²) in [7, 11) is -0.367. The zero-order valence-corrected chi connectivity index (χ0v) is 15.9. The largest absolute Gasteiger partial charge is 0.494 e. The highest BCUT2D eigenvalue weighted by molar-refractivity contribution is 8.00. The number of rotatable bonds is 2. The Morgan fingerprint density at radius 3 is 2.21 bits per heavy atom. The Morgan fingerprint density at radius 2 is 1.62 bits per heavy atom. The summed E-state index contributed by atoms with van der Waals surface area (Å²) in [5.41, 5.74) is 0.643. The minimum Gasteiger partial charge on any atom is -0.399 e. The summed E-state index contributed by atoms with van der Waals surface area (Å²) in [6.07, 6.45) is 4.21. The zero-order chi connectivity index (χ0) is 17.2. The average Bonchev–Trinajstić information content (AvgIpc) is 2.95. The summed E-state index contributed by atoms with van der Waals surface area (Å²) in [6, 6.07) is 8.22. The van der Waals surface area contributed by atoms with Crippen molar-refractivity contribution < 1.29 is 14.4 Å². The molecule has 0 aliphatic carbocycles. The van der Waals surface area contributed by atoms with Crippen molar-refractivity contribution in [2.24, 2.45) is 0 Å². The van der Waals surface area contributed by atoms with Crippen molar-refractivity contribution in [3.05, 3.63) is 29.8 Å². The molecule has 3 nitrogen and oxygen atoms in total. The molecule has 2 bridgehead atoms. The topological polar surface area (TPSA) is 38.7 Å². The zero-order valence-electron chi connectivity index (χ0n) is 15.0. The number of fused-ring (bicyclic) bond motifs is 2. The van der Waals surface area contributed by atoms with E-state index in [-0.39, 0.29) is 18.3 Å². The van der Waals surface area contributed by atoms with E-state index in [2.05, 4.69) is 51.6 Å². The van der Waals surface area contributed by atoms with Gasteiger partial charge in [0, 0.05) is 10.5 Å². The molecule has 3 saturated heterocycles. The third kappa shape index (κ3) is 2.74. The summed E-state index contributed by atoms with van der Waals surface area (Å²) < 4.78 is 12.3. The Kier molecular flexibility index (Phi) is 3.89. The minimum absolute atomic E-state index is 0.342. The average molecular weight is 346 g/mol. The second-order valence-electron chi connectivity index (χ2n) is 8.61. The fourth-order valence-electron chi connectivity index (χ4n) is 4.11. The molecule has 0 saturated carbocycles. The van der Waals surface area contributed by atoms with Gasteiger partial charge in [0.15, 0.2) is 0 Å². The third-order valence-corrected chi connectivity index (χ3v) is 7.85. The lowest BCUT2D eigenvalue weighted by molar-refractivity contribution is 0.00578. The Balaban J connectivity index is 1.61. The third-order valence-electron chi connectivity index (χ3n) is 6.28. The van der Waals surface area contributed by atoms with Crippen molar-refractivity contribution in [2.75, 3.05) is 0 Å². The van der Waals surface area contributed by atoms with E-state index in [0.717, 1.165) is 23.9 Å². The van der Waals surface area contributed by atoms with Gasteiger partial charge < -0.3 is 14.4 Å². The molecule has 0 spiro atoms.